The molecule has 0 atom stereocenters. The van der Waals surface area contributed by atoms with Crippen LogP contribution in [-0.2, 0) is 9.47 Å². The summed E-state index contributed by atoms with van der Waals surface area (Å²) in [5.74, 6) is 0.873. The first-order valence-electron chi connectivity index (χ1n) is 10.9. The Morgan fingerprint density at radius 1 is 1.07 bits per heavy atom. The quantitative estimate of drug-likeness (QED) is 0.740. The average Bonchev–Trinajstić information content (AvgIpc) is 3.19. The molecule has 0 N–H and O–H groups in total. The molecule has 0 bridgehead atoms. The van der Waals surface area contributed by atoms with E-state index in [1.54, 1.807) is 11.2 Å². The molecule has 4 heterocycles. The van der Waals surface area contributed by atoms with E-state index in [9.17, 15) is 4.79 Å². The monoisotopic (exact) mass is 418 g/mol. The van der Waals surface area contributed by atoms with Gasteiger partial charge in [0.2, 0.25) is 0 Å². The first-order chi connectivity index (χ1) is 14.4. The first-order valence-corrected chi connectivity index (χ1v) is 10.9. The van der Waals surface area contributed by atoms with Gasteiger partial charge in [-0.25, -0.2) is 19.7 Å². The van der Waals surface area contributed by atoms with Gasteiger partial charge in [0.1, 0.15) is 11.9 Å². The number of anilines is 1. The van der Waals surface area contributed by atoms with E-state index in [0.29, 0.717) is 26.3 Å². The van der Waals surface area contributed by atoms with Gasteiger partial charge >= 0.3 is 6.09 Å². The molecule has 2 aromatic heterocycles. The summed E-state index contributed by atoms with van der Waals surface area (Å²) in [6.07, 6.45) is 4.93. The van der Waals surface area contributed by atoms with Crippen molar-refractivity contribution in [2.75, 3.05) is 44.3 Å². The standard InChI is InChI=1S/C19H28N6O3.C2H6/c1-19(2,3)28-18(26)24-6-4-14(5-7-24)25-13-22-15-16(20-12-21-17(15)25)23-8-10-27-11-9-23;1-2/h12-14H,4-11H2,1-3H3;1-2H3. The molecule has 2 aliphatic heterocycles. The van der Waals surface area contributed by atoms with Crippen LogP contribution >= 0.6 is 0 Å². The number of amides is 1. The summed E-state index contributed by atoms with van der Waals surface area (Å²) in [6.45, 7) is 14.0. The van der Waals surface area contributed by atoms with E-state index in [1.165, 1.54) is 0 Å². The normalized spacial score (nSPS) is 18.2. The molecule has 9 nitrogen and oxygen atoms in total. The zero-order valence-electron chi connectivity index (χ0n) is 18.8. The van der Waals surface area contributed by atoms with Crippen molar-refractivity contribution in [1.82, 2.24) is 24.4 Å². The van der Waals surface area contributed by atoms with Crippen molar-refractivity contribution in [2.45, 2.75) is 59.1 Å². The van der Waals surface area contributed by atoms with Crippen LogP contribution in [0.2, 0.25) is 0 Å². The Morgan fingerprint density at radius 2 is 1.73 bits per heavy atom. The Labute approximate surface area is 178 Å². The molecule has 166 valence electrons. The number of fused-ring (bicyclic) bond motifs is 1. The van der Waals surface area contributed by atoms with Gasteiger partial charge in [-0.3, -0.25) is 0 Å². The summed E-state index contributed by atoms with van der Waals surface area (Å²) >= 11 is 0. The minimum atomic E-state index is -0.471. The van der Waals surface area contributed by atoms with Gasteiger partial charge in [-0.15, -0.1) is 0 Å². The Hall–Kier alpha value is -2.42. The SMILES string of the molecule is CC.CC(C)(C)OC(=O)N1CCC(n2cnc3c(N4CCOCC4)ncnc32)CC1. The molecular weight excluding hydrogens is 384 g/mol. The summed E-state index contributed by atoms with van der Waals surface area (Å²) in [4.78, 5) is 29.9. The molecule has 4 rings (SSSR count). The van der Waals surface area contributed by atoms with Gasteiger partial charge in [-0.2, -0.15) is 0 Å². The second kappa shape index (κ2) is 9.59. The molecule has 0 aromatic carbocycles. The van der Waals surface area contributed by atoms with E-state index in [2.05, 4.69) is 24.4 Å². The number of likely N-dealkylation sites (tertiary alicyclic amines) is 1. The van der Waals surface area contributed by atoms with Crippen LogP contribution < -0.4 is 4.90 Å². The molecule has 0 saturated carbocycles. The molecule has 0 aliphatic carbocycles. The number of imidazole rings is 1. The Balaban J connectivity index is 0.00000124. The number of hydrogen-bond acceptors (Lipinski definition) is 7. The van der Waals surface area contributed by atoms with E-state index in [1.807, 2.05) is 40.9 Å². The fourth-order valence-electron chi connectivity index (χ4n) is 3.77. The molecular formula is C21H34N6O3. The second-order valence-corrected chi connectivity index (χ2v) is 8.32. The Morgan fingerprint density at radius 3 is 2.37 bits per heavy atom. The topological polar surface area (TPSA) is 85.6 Å². The maximum atomic E-state index is 12.3. The molecule has 2 aromatic rings. The number of hydrogen-bond donors (Lipinski definition) is 0. The number of carbonyl (C=O) groups is 1. The third kappa shape index (κ3) is 5.00. The lowest BCUT2D eigenvalue weighted by atomic mass is 10.1. The lowest BCUT2D eigenvalue weighted by molar-refractivity contribution is 0.0189. The highest BCUT2D eigenvalue weighted by molar-refractivity contribution is 5.83. The van der Waals surface area contributed by atoms with Crippen LogP contribution in [-0.4, -0.2) is 75.5 Å². The highest BCUT2D eigenvalue weighted by Crippen LogP contribution is 2.29. The molecule has 0 radical (unpaired) electrons. The molecule has 30 heavy (non-hydrogen) atoms. The molecule has 2 aliphatic rings. The van der Waals surface area contributed by atoms with Gasteiger partial charge in [-0.05, 0) is 33.6 Å². The molecule has 2 fully saturated rings. The molecule has 0 unspecified atom stereocenters. The van der Waals surface area contributed by atoms with Crippen molar-refractivity contribution in [3.8, 4) is 0 Å². The lowest BCUT2D eigenvalue weighted by Crippen LogP contribution is -2.42. The predicted molar refractivity (Wildman–Crippen MR) is 116 cm³/mol. The van der Waals surface area contributed by atoms with Crippen molar-refractivity contribution >= 4 is 23.1 Å². The average molecular weight is 419 g/mol. The van der Waals surface area contributed by atoms with E-state index in [4.69, 9.17) is 9.47 Å². The first kappa shape index (κ1) is 22.3. The van der Waals surface area contributed by atoms with Crippen LogP contribution in [0.15, 0.2) is 12.7 Å². The molecule has 1 amide bonds. The fourth-order valence-corrected chi connectivity index (χ4v) is 3.77. The number of ether oxygens (including phenoxy) is 2. The second-order valence-electron chi connectivity index (χ2n) is 8.32. The van der Waals surface area contributed by atoms with Crippen LogP contribution in [0.4, 0.5) is 10.6 Å². The minimum absolute atomic E-state index is 0.238. The Kier molecular flexibility index (Phi) is 7.12. The Bertz CT molecular complexity index is 833. The number of nitrogens with zero attached hydrogens (tertiary/aromatic N) is 6. The van der Waals surface area contributed by atoms with Gasteiger partial charge in [0.25, 0.3) is 0 Å². The van der Waals surface area contributed by atoms with E-state index in [-0.39, 0.29) is 12.1 Å². The number of morpholine rings is 1. The molecule has 9 heteroatoms. The summed E-state index contributed by atoms with van der Waals surface area (Å²) in [5.41, 5.74) is 1.22. The largest absolute Gasteiger partial charge is 0.444 e. The number of aromatic nitrogens is 4. The van der Waals surface area contributed by atoms with Gasteiger partial charge in [0.15, 0.2) is 17.0 Å². The zero-order valence-corrected chi connectivity index (χ0v) is 18.8. The van der Waals surface area contributed by atoms with Crippen LogP contribution in [0, 0.1) is 0 Å². The lowest BCUT2D eigenvalue weighted by Gasteiger charge is -2.34. The summed E-state index contributed by atoms with van der Waals surface area (Å²) in [7, 11) is 0. The predicted octanol–water partition coefficient (Wildman–Crippen LogP) is 3.26. The fraction of sp³-hybridized carbons (Fsp3) is 0.714. The van der Waals surface area contributed by atoms with Gasteiger partial charge < -0.3 is 23.8 Å². The van der Waals surface area contributed by atoms with E-state index in [0.717, 1.165) is 42.9 Å². The van der Waals surface area contributed by atoms with Crippen LogP contribution in [0.5, 0.6) is 0 Å². The van der Waals surface area contributed by atoms with Gasteiger partial charge in [0.05, 0.1) is 19.5 Å². The summed E-state index contributed by atoms with van der Waals surface area (Å²) in [5, 5.41) is 0. The summed E-state index contributed by atoms with van der Waals surface area (Å²) < 4.78 is 13.1. The third-order valence-corrected chi connectivity index (χ3v) is 5.16. The highest BCUT2D eigenvalue weighted by atomic mass is 16.6. The smallest absolute Gasteiger partial charge is 0.410 e. The molecule has 2 saturated heterocycles. The minimum Gasteiger partial charge on any atom is -0.444 e. The van der Waals surface area contributed by atoms with Crippen LogP contribution in [0.3, 0.4) is 0 Å². The highest BCUT2D eigenvalue weighted by Gasteiger charge is 2.29. The maximum absolute atomic E-state index is 12.3. The van der Waals surface area contributed by atoms with Crippen molar-refractivity contribution in [1.29, 1.82) is 0 Å². The van der Waals surface area contributed by atoms with E-state index < -0.39 is 5.60 Å². The zero-order chi connectivity index (χ0) is 21.7. The van der Waals surface area contributed by atoms with Crippen molar-refractivity contribution < 1.29 is 14.3 Å². The van der Waals surface area contributed by atoms with Gasteiger partial charge in [0, 0.05) is 32.2 Å². The van der Waals surface area contributed by atoms with E-state index >= 15 is 0 Å². The maximum Gasteiger partial charge on any atom is 0.410 e. The van der Waals surface area contributed by atoms with Gasteiger partial charge in [-0.1, -0.05) is 13.8 Å². The summed E-state index contributed by atoms with van der Waals surface area (Å²) in [6, 6.07) is 0.260. The third-order valence-electron chi connectivity index (χ3n) is 5.16. The number of piperidine rings is 1. The van der Waals surface area contributed by atoms with Crippen molar-refractivity contribution in [3.05, 3.63) is 12.7 Å². The van der Waals surface area contributed by atoms with Crippen LogP contribution in [0.1, 0.15) is 53.5 Å². The van der Waals surface area contributed by atoms with Crippen molar-refractivity contribution in [3.63, 3.8) is 0 Å². The number of rotatable bonds is 2. The van der Waals surface area contributed by atoms with Crippen molar-refractivity contribution in [2.24, 2.45) is 0 Å². The number of carbonyl (C=O) groups excluding carboxylic acids is 1. The van der Waals surface area contributed by atoms with Crippen LogP contribution in [0.25, 0.3) is 11.2 Å². The molecule has 0 spiro atoms.